The molecule has 146 valence electrons. The first kappa shape index (κ1) is 20.7. The highest BCUT2D eigenvalue weighted by atomic mass is 19.1. The summed E-state index contributed by atoms with van der Waals surface area (Å²) in [6.45, 7) is 6.36. The zero-order valence-electron chi connectivity index (χ0n) is 16.2. The van der Waals surface area contributed by atoms with Gasteiger partial charge in [0.05, 0.1) is 19.4 Å². The number of furan rings is 1. The van der Waals surface area contributed by atoms with Crippen molar-refractivity contribution in [1.29, 1.82) is 0 Å². The van der Waals surface area contributed by atoms with Gasteiger partial charge in [-0.3, -0.25) is 9.59 Å². The third kappa shape index (κ3) is 6.24. The number of carbonyl (C=O) groups is 2. The monoisotopic (exact) mass is 374 g/mol. The van der Waals surface area contributed by atoms with Crippen LogP contribution in [0.2, 0.25) is 0 Å². The van der Waals surface area contributed by atoms with E-state index in [9.17, 15) is 14.0 Å². The lowest BCUT2D eigenvalue weighted by molar-refractivity contribution is -0.142. The van der Waals surface area contributed by atoms with Crippen LogP contribution in [0.15, 0.2) is 47.1 Å². The molecule has 1 aromatic carbocycles. The summed E-state index contributed by atoms with van der Waals surface area (Å²) in [4.78, 5) is 28.6. The van der Waals surface area contributed by atoms with E-state index in [1.165, 1.54) is 12.1 Å². The maximum absolute atomic E-state index is 13.2. The van der Waals surface area contributed by atoms with Crippen LogP contribution >= 0.6 is 0 Å². The zero-order valence-corrected chi connectivity index (χ0v) is 16.2. The molecule has 0 atom stereocenters. The second kappa shape index (κ2) is 9.90. The summed E-state index contributed by atoms with van der Waals surface area (Å²) in [6.07, 6.45) is 2.71. The Bertz CT molecular complexity index is 726. The Kier molecular flexibility index (Phi) is 7.58. The molecule has 0 spiro atoms. The number of hydrogen-bond acceptors (Lipinski definition) is 3. The first-order chi connectivity index (χ1) is 12.9. The van der Waals surface area contributed by atoms with Crippen LogP contribution in [-0.4, -0.2) is 34.2 Å². The lowest BCUT2D eigenvalue weighted by atomic mass is 10.2. The van der Waals surface area contributed by atoms with Gasteiger partial charge < -0.3 is 14.2 Å². The van der Waals surface area contributed by atoms with Crippen molar-refractivity contribution in [3.8, 4) is 0 Å². The van der Waals surface area contributed by atoms with Crippen LogP contribution in [0.4, 0.5) is 4.39 Å². The quantitative estimate of drug-likeness (QED) is 0.667. The molecule has 0 aliphatic heterocycles. The normalized spacial score (nSPS) is 10.9. The number of amides is 2. The fourth-order valence-corrected chi connectivity index (χ4v) is 2.80. The van der Waals surface area contributed by atoms with Gasteiger partial charge in [-0.1, -0.05) is 19.1 Å². The van der Waals surface area contributed by atoms with E-state index in [4.69, 9.17) is 4.42 Å². The Morgan fingerprint density at radius 3 is 2.33 bits per heavy atom. The van der Waals surface area contributed by atoms with Gasteiger partial charge in [-0.2, -0.15) is 0 Å². The lowest BCUT2D eigenvalue weighted by Crippen LogP contribution is -2.45. The number of hydrogen-bond donors (Lipinski definition) is 0. The number of rotatable bonds is 9. The number of benzene rings is 1. The molecule has 0 radical (unpaired) electrons. The van der Waals surface area contributed by atoms with Gasteiger partial charge >= 0.3 is 0 Å². The van der Waals surface area contributed by atoms with Crippen LogP contribution in [0, 0.1) is 5.82 Å². The summed E-state index contributed by atoms with van der Waals surface area (Å²) >= 11 is 0. The lowest BCUT2D eigenvalue weighted by Gasteiger charge is -2.30. The first-order valence-electron chi connectivity index (χ1n) is 9.24. The maximum Gasteiger partial charge on any atom is 0.242 e. The van der Waals surface area contributed by atoms with Gasteiger partial charge in [0, 0.05) is 19.0 Å². The molecule has 0 unspecified atom stereocenters. The van der Waals surface area contributed by atoms with E-state index >= 15 is 0 Å². The van der Waals surface area contributed by atoms with Crippen LogP contribution < -0.4 is 0 Å². The Morgan fingerprint density at radius 1 is 1.07 bits per heavy atom. The van der Waals surface area contributed by atoms with Crippen molar-refractivity contribution in [1.82, 2.24) is 9.80 Å². The fraction of sp³-hybridized carbons (Fsp3) is 0.429. The van der Waals surface area contributed by atoms with Crippen molar-refractivity contribution in [2.75, 3.05) is 6.54 Å². The van der Waals surface area contributed by atoms with Crippen molar-refractivity contribution >= 4 is 11.8 Å². The smallest absolute Gasteiger partial charge is 0.242 e. The molecule has 2 aromatic rings. The molecule has 5 nitrogen and oxygen atoms in total. The second-order valence-corrected chi connectivity index (χ2v) is 6.82. The van der Waals surface area contributed by atoms with E-state index in [2.05, 4.69) is 0 Å². The fourth-order valence-electron chi connectivity index (χ4n) is 2.80. The second-order valence-electron chi connectivity index (χ2n) is 6.82. The Balaban J connectivity index is 2.16. The van der Waals surface area contributed by atoms with E-state index in [0.717, 1.165) is 12.0 Å². The molecule has 6 heteroatoms. The predicted octanol–water partition coefficient (Wildman–Crippen LogP) is 3.98. The average molecular weight is 374 g/mol. The standard InChI is InChI=1S/C21H27FN2O3/c1-4-6-20(25)24(16(2)3)15-21(26)23(14-19-7-5-12-27-19)13-17-8-10-18(22)11-9-17/h5,7-12,16H,4,6,13-15H2,1-3H3. The summed E-state index contributed by atoms with van der Waals surface area (Å²) in [5.74, 6) is 0.134. The topological polar surface area (TPSA) is 53.8 Å². The van der Waals surface area contributed by atoms with Crippen LogP contribution in [0.5, 0.6) is 0 Å². The third-order valence-corrected chi connectivity index (χ3v) is 4.28. The van der Waals surface area contributed by atoms with E-state index < -0.39 is 0 Å². The molecule has 0 saturated carbocycles. The number of halogens is 1. The van der Waals surface area contributed by atoms with Crippen LogP contribution in [0.25, 0.3) is 0 Å². The van der Waals surface area contributed by atoms with E-state index in [0.29, 0.717) is 18.7 Å². The van der Waals surface area contributed by atoms with E-state index in [1.54, 1.807) is 40.3 Å². The molecular weight excluding hydrogens is 347 g/mol. The Morgan fingerprint density at radius 2 is 1.78 bits per heavy atom. The van der Waals surface area contributed by atoms with Gasteiger partial charge in [0.2, 0.25) is 11.8 Å². The van der Waals surface area contributed by atoms with Crippen molar-refractivity contribution in [2.45, 2.75) is 52.7 Å². The molecule has 0 saturated heterocycles. The Hall–Kier alpha value is -2.63. The predicted molar refractivity (Wildman–Crippen MR) is 101 cm³/mol. The van der Waals surface area contributed by atoms with Gasteiger partial charge in [0.1, 0.15) is 11.6 Å². The summed E-state index contributed by atoms with van der Waals surface area (Å²) < 4.78 is 18.5. The molecule has 0 aliphatic carbocycles. The molecule has 2 amide bonds. The van der Waals surface area contributed by atoms with Crippen molar-refractivity contribution in [2.24, 2.45) is 0 Å². The minimum atomic E-state index is -0.321. The molecule has 2 rings (SSSR count). The molecule has 0 fully saturated rings. The van der Waals surface area contributed by atoms with Crippen LogP contribution in [0.1, 0.15) is 44.9 Å². The zero-order chi connectivity index (χ0) is 19.8. The summed E-state index contributed by atoms with van der Waals surface area (Å²) in [7, 11) is 0. The first-order valence-corrected chi connectivity index (χ1v) is 9.24. The van der Waals surface area contributed by atoms with Gasteiger partial charge in [-0.15, -0.1) is 0 Å². The highest BCUT2D eigenvalue weighted by molar-refractivity contribution is 5.85. The largest absolute Gasteiger partial charge is 0.467 e. The van der Waals surface area contributed by atoms with Gasteiger partial charge in [-0.25, -0.2) is 4.39 Å². The maximum atomic E-state index is 13.2. The van der Waals surface area contributed by atoms with Crippen LogP contribution in [0.3, 0.4) is 0 Å². The van der Waals surface area contributed by atoms with Crippen molar-refractivity contribution < 1.29 is 18.4 Å². The minimum absolute atomic E-state index is 0.0123. The minimum Gasteiger partial charge on any atom is -0.467 e. The number of carbonyl (C=O) groups excluding carboxylic acids is 2. The molecule has 0 bridgehead atoms. The Labute approximate surface area is 159 Å². The summed E-state index contributed by atoms with van der Waals surface area (Å²) in [6, 6.07) is 9.55. The van der Waals surface area contributed by atoms with Crippen molar-refractivity contribution in [3.05, 3.63) is 59.8 Å². The van der Waals surface area contributed by atoms with Crippen molar-refractivity contribution in [3.63, 3.8) is 0 Å². The van der Waals surface area contributed by atoms with E-state index in [-0.39, 0.29) is 36.8 Å². The van der Waals surface area contributed by atoms with Gasteiger partial charge in [-0.05, 0) is 50.1 Å². The van der Waals surface area contributed by atoms with E-state index in [1.807, 2.05) is 20.8 Å². The molecule has 1 aromatic heterocycles. The highest BCUT2D eigenvalue weighted by Gasteiger charge is 2.23. The van der Waals surface area contributed by atoms with Gasteiger partial charge in [0.15, 0.2) is 0 Å². The summed E-state index contributed by atoms with van der Waals surface area (Å²) in [5.41, 5.74) is 0.812. The van der Waals surface area contributed by atoms with Crippen LogP contribution in [-0.2, 0) is 22.7 Å². The highest BCUT2D eigenvalue weighted by Crippen LogP contribution is 2.13. The molecule has 27 heavy (non-hydrogen) atoms. The molecular formula is C21H27FN2O3. The molecule has 1 heterocycles. The average Bonchev–Trinajstić information content (AvgIpc) is 3.13. The summed E-state index contributed by atoms with van der Waals surface area (Å²) in [5, 5.41) is 0. The van der Waals surface area contributed by atoms with Gasteiger partial charge in [0.25, 0.3) is 0 Å². The molecule has 0 N–H and O–H groups in total. The number of nitrogens with zero attached hydrogens (tertiary/aromatic N) is 2. The third-order valence-electron chi connectivity index (χ3n) is 4.28. The SMILES string of the molecule is CCCC(=O)N(CC(=O)N(Cc1ccc(F)cc1)Cc1ccco1)C(C)C. The molecule has 0 aliphatic rings.